The van der Waals surface area contributed by atoms with Gasteiger partial charge in [-0.3, -0.25) is 9.69 Å². The molecular weight excluding hydrogens is 152 g/mol. The molecule has 2 N–H and O–H groups in total. The maximum Gasteiger partial charge on any atom is 0.245 e. The number of primary amides is 1. The van der Waals surface area contributed by atoms with Gasteiger partial charge >= 0.3 is 0 Å². The van der Waals surface area contributed by atoms with Gasteiger partial charge in [0.05, 0.1) is 0 Å². The molecule has 0 unspecified atom stereocenters. The number of likely N-dealkylation sites (tertiary alicyclic amines) is 1. The van der Waals surface area contributed by atoms with Crippen LogP contribution in [0.15, 0.2) is 12.2 Å². The van der Waals surface area contributed by atoms with E-state index < -0.39 is 0 Å². The van der Waals surface area contributed by atoms with Crippen LogP contribution in [-0.4, -0.2) is 30.4 Å². The lowest BCUT2D eigenvalue weighted by molar-refractivity contribution is -0.114. The van der Waals surface area contributed by atoms with Crippen LogP contribution in [0.3, 0.4) is 0 Å². The summed E-state index contributed by atoms with van der Waals surface area (Å²) in [5.41, 5.74) is 5.51. The zero-order chi connectivity index (χ0) is 9.56. The molecule has 0 atom stereocenters. The van der Waals surface area contributed by atoms with E-state index in [0.29, 0.717) is 12.1 Å². The first kappa shape index (κ1) is 11.2. The van der Waals surface area contributed by atoms with E-state index in [1.54, 1.807) is 0 Å². The van der Waals surface area contributed by atoms with Crippen molar-refractivity contribution < 1.29 is 6.22 Å². The molecule has 1 rings (SSSR count). The fraction of sp³-hybridized carbons (Fsp3) is 0.667. The minimum absolute atomic E-state index is 0. The van der Waals surface area contributed by atoms with Gasteiger partial charge in [-0.2, -0.15) is 0 Å². The van der Waals surface area contributed by atoms with Gasteiger partial charge in [-0.1, -0.05) is 20.4 Å². The molecule has 72 valence electrons. The second-order valence-electron chi connectivity index (χ2n) is 2.60. The number of amides is 1. The van der Waals surface area contributed by atoms with E-state index in [2.05, 4.69) is 11.5 Å². The summed E-state index contributed by atoms with van der Waals surface area (Å²) in [4.78, 5) is 12.6. The van der Waals surface area contributed by atoms with Crippen molar-refractivity contribution in [1.82, 2.24) is 4.90 Å². The van der Waals surface area contributed by atoms with Crippen LogP contribution in [0.1, 0.15) is 21.7 Å². The summed E-state index contributed by atoms with van der Waals surface area (Å²) in [5.74, 6) is -0.382. The summed E-state index contributed by atoms with van der Waals surface area (Å²) in [7, 11) is 0. The van der Waals surface area contributed by atoms with Gasteiger partial charge in [0.25, 0.3) is 0 Å². The Morgan fingerprint density at radius 3 is 2.33 bits per heavy atom. The molecule has 0 aromatic carbocycles. The van der Waals surface area contributed by atoms with Crippen LogP contribution in [0, 0.1) is 0 Å². The maximum absolute atomic E-state index is 10.5. The lowest BCUT2D eigenvalue weighted by Gasteiger charge is -2.30. The Balaban J connectivity index is 0. The normalized spacial score (nSPS) is 15.5. The molecule has 12 heavy (non-hydrogen) atoms. The van der Waals surface area contributed by atoms with Crippen LogP contribution in [0.4, 0.5) is 0 Å². The number of hydrogen-bond donors (Lipinski definition) is 1. The third-order valence-electron chi connectivity index (χ3n) is 1.71. The number of rotatable bonds is 3. The SMILES string of the molecule is C=C(CN1CCC1)C(N)=O.CC.[HH]. The first-order valence-electron chi connectivity index (χ1n) is 4.40. The van der Waals surface area contributed by atoms with Crippen molar-refractivity contribution in [2.45, 2.75) is 20.3 Å². The third-order valence-corrected chi connectivity index (χ3v) is 1.71. The Morgan fingerprint density at radius 1 is 1.58 bits per heavy atom. The van der Waals surface area contributed by atoms with Crippen LogP contribution in [0.25, 0.3) is 0 Å². The van der Waals surface area contributed by atoms with E-state index >= 15 is 0 Å². The Morgan fingerprint density at radius 2 is 2.08 bits per heavy atom. The second-order valence-corrected chi connectivity index (χ2v) is 2.60. The Kier molecular flexibility index (Phi) is 5.37. The van der Waals surface area contributed by atoms with Crippen LogP contribution < -0.4 is 5.73 Å². The highest BCUT2D eigenvalue weighted by Gasteiger charge is 2.15. The first-order valence-corrected chi connectivity index (χ1v) is 4.40. The lowest BCUT2D eigenvalue weighted by atomic mass is 10.2. The highest BCUT2D eigenvalue weighted by Crippen LogP contribution is 2.07. The summed E-state index contributed by atoms with van der Waals surface area (Å²) in [6, 6.07) is 0. The quantitative estimate of drug-likeness (QED) is 0.646. The van der Waals surface area contributed by atoms with E-state index in [9.17, 15) is 4.79 Å². The van der Waals surface area contributed by atoms with Gasteiger partial charge in [0.2, 0.25) is 5.91 Å². The molecule has 1 heterocycles. The van der Waals surface area contributed by atoms with Crippen molar-refractivity contribution in [2.75, 3.05) is 19.6 Å². The van der Waals surface area contributed by atoms with E-state index in [1.165, 1.54) is 6.42 Å². The highest BCUT2D eigenvalue weighted by molar-refractivity contribution is 5.91. The monoisotopic (exact) mass is 172 g/mol. The summed E-state index contributed by atoms with van der Waals surface area (Å²) in [6.45, 7) is 10.4. The van der Waals surface area contributed by atoms with Gasteiger partial charge in [0.1, 0.15) is 0 Å². The molecule has 0 aliphatic carbocycles. The highest BCUT2D eigenvalue weighted by atomic mass is 16.1. The molecule has 3 nitrogen and oxygen atoms in total. The molecule has 0 radical (unpaired) electrons. The molecule has 0 saturated carbocycles. The van der Waals surface area contributed by atoms with Crippen LogP contribution in [0.2, 0.25) is 0 Å². The third kappa shape index (κ3) is 3.53. The maximum atomic E-state index is 10.5. The summed E-state index contributed by atoms with van der Waals surface area (Å²) in [5, 5.41) is 0. The predicted molar refractivity (Wildman–Crippen MR) is 52.9 cm³/mol. The summed E-state index contributed by atoms with van der Waals surface area (Å²) < 4.78 is 0. The largest absolute Gasteiger partial charge is 0.366 e. The van der Waals surface area contributed by atoms with Gasteiger partial charge in [0.15, 0.2) is 0 Å². The summed E-state index contributed by atoms with van der Waals surface area (Å²) in [6.07, 6.45) is 1.23. The molecule has 1 aliphatic rings. The molecule has 1 amide bonds. The van der Waals surface area contributed by atoms with E-state index in [0.717, 1.165) is 13.1 Å². The van der Waals surface area contributed by atoms with Crippen molar-refractivity contribution in [3.8, 4) is 0 Å². The van der Waals surface area contributed by atoms with Gasteiger partial charge in [0, 0.05) is 13.5 Å². The molecular formula is C9H20N2O. The molecule has 3 heteroatoms. The van der Waals surface area contributed by atoms with Crippen molar-refractivity contribution >= 4 is 5.91 Å². The van der Waals surface area contributed by atoms with Gasteiger partial charge in [-0.05, 0) is 19.5 Å². The molecule has 1 aliphatic heterocycles. The fourth-order valence-electron chi connectivity index (χ4n) is 0.888. The lowest BCUT2D eigenvalue weighted by Crippen LogP contribution is -2.40. The van der Waals surface area contributed by atoms with Crippen molar-refractivity contribution in [3.05, 3.63) is 12.2 Å². The Labute approximate surface area is 75.7 Å². The standard InChI is InChI=1S/C7H12N2O.C2H6.H2/c1-6(7(8)10)5-9-3-2-4-9;1-2;/h1-5H2,(H2,8,10);1-2H3;1H. The predicted octanol–water partition coefficient (Wildman–Crippen LogP) is 1.01. The van der Waals surface area contributed by atoms with Crippen LogP contribution in [-0.2, 0) is 4.79 Å². The Bertz CT molecular complexity index is 167. The molecule has 1 saturated heterocycles. The van der Waals surface area contributed by atoms with Gasteiger partial charge in [-0.15, -0.1) is 0 Å². The number of nitrogens with two attached hydrogens (primary N) is 1. The number of hydrogen-bond acceptors (Lipinski definition) is 2. The van der Waals surface area contributed by atoms with E-state index in [1.807, 2.05) is 13.8 Å². The topological polar surface area (TPSA) is 46.3 Å². The van der Waals surface area contributed by atoms with Crippen LogP contribution >= 0.6 is 0 Å². The van der Waals surface area contributed by atoms with Crippen LogP contribution in [0.5, 0.6) is 0 Å². The summed E-state index contributed by atoms with van der Waals surface area (Å²) >= 11 is 0. The molecule has 0 bridgehead atoms. The average molecular weight is 172 g/mol. The van der Waals surface area contributed by atoms with Crippen molar-refractivity contribution in [1.29, 1.82) is 0 Å². The molecule has 1 fully saturated rings. The molecule has 0 spiro atoms. The Hall–Kier alpha value is -0.830. The zero-order valence-corrected chi connectivity index (χ0v) is 7.97. The number of carbonyl (C=O) groups is 1. The van der Waals surface area contributed by atoms with Gasteiger partial charge in [-0.25, -0.2) is 0 Å². The number of nitrogens with zero attached hydrogens (tertiary/aromatic N) is 1. The molecule has 0 aromatic rings. The van der Waals surface area contributed by atoms with E-state index in [-0.39, 0.29) is 7.33 Å². The second kappa shape index (κ2) is 5.77. The first-order chi connectivity index (χ1) is 5.70. The van der Waals surface area contributed by atoms with Gasteiger partial charge < -0.3 is 5.73 Å². The minimum Gasteiger partial charge on any atom is -0.366 e. The fourth-order valence-corrected chi connectivity index (χ4v) is 0.888. The zero-order valence-electron chi connectivity index (χ0n) is 7.97. The number of carbonyl (C=O) groups excluding carboxylic acids is 1. The molecule has 0 aromatic heterocycles. The van der Waals surface area contributed by atoms with E-state index in [4.69, 9.17) is 5.73 Å². The smallest absolute Gasteiger partial charge is 0.245 e. The average Bonchev–Trinajstić information content (AvgIpc) is 2.00. The van der Waals surface area contributed by atoms with Crippen molar-refractivity contribution in [2.24, 2.45) is 5.73 Å². The van der Waals surface area contributed by atoms with Crippen molar-refractivity contribution in [3.63, 3.8) is 0 Å². The minimum atomic E-state index is -0.382.